The Bertz CT molecular complexity index is 1580. The van der Waals surface area contributed by atoms with E-state index in [4.69, 9.17) is 4.74 Å². The third-order valence-corrected chi connectivity index (χ3v) is 7.05. The molecular formula is C27H24N4O5S. The summed E-state index contributed by atoms with van der Waals surface area (Å²) in [6.45, 7) is 0.880. The number of rotatable bonds is 9. The van der Waals surface area contributed by atoms with Gasteiger partial charge in [-0.3, -0.25) is 28.8 Å². The molecule has 2 amide bonds. The maximum atomic E-state index is 13.5. The van der Waals surface area contributed by atoms with Gasteiger partial charge in [0.2, 0.25) is 5.91 Å². The molecule has 1 aliphatic heterocycles. The average molecular weight is 517 g/mol. The third kappa shape index (κ3) is 5.55. The first-order valence-electron chi connectivity index (χ1n) is 11.8. The highest BCUT2D eigenvalue weighted by atomic mass is 32.2. The maximum absolute atomic E-state index is 13.5. The molecule has 1 saturated heterocycles. The Balaban J connectivity index is 1.39. The molecule has 0 saturated carbocycles. The quantitative estimate of drug-likeness (QED) is 0.341. The molecule has 0 bridgehead atoms. The number of ether oxygens (including phenoxy) is 1. The van der Waals surface area contributed by atoms with E-state index in [-0.39, 0.29) is 30.8 Å². The third-order valence-electron chi connectivity index (χ3n) is 6.07. The number of hydrogen-bond donors (Lipinski definition) is 1. The minimum absolute atomic E-state index is 0.109. The minimum atomic E-state index is -0.481. The zero-order valence-corrected chi connectivity index (χ0v) is 20.6. The second-order valence-electron chi connectivity index (χ2n) is 8.65. The number of imide groups is 1. The molecule has 1 unspecified atom stereocenters. The van der Waals surface area contributed by atoms with E-state index in [1.54, 1.807) is 18.3 Å². The van der Waals surface area contributed by atoms with Crippen molar-refractivity contribution >= 4 is 33.9 Å². The van der Waals surface area contributed by atoms with E-state index in [0.717, 1.165) is 28.5 Å². The lowest BCUT2D eigenvalue weighted by Gasteiger charge is -2.14. The van der Waals surface area contributed by atoms with Gasteiger partial charge in [-0.2, -0.15) is 0 Å². The van der Waals surface area contributed by atoms with Crippen molar-refractivity contribution < 1.29 is 14.3 Å². The molecule has 2 aromatic heterocycles. The number of carbonyl (C=O) groups excluding carboxylic acids is 2. The van der Waals surface area contributed by atoms with E-state index in [1.807, 2.05) is 54.6 Å². The molecule has 0 radical (unpaired) electrons. The van der Waals surface area contributed by atoms with E-state index in [1.165, 1.54) is 9.13 Å². The van der Waals surface area contributed by atoms with Gasteiger partial charge in [0.25, 0.3) is 10.8 Å². The largest absolute Gasteiger partial charge is 0.375 e. The predicted molar refractivity (Wildman–Crippen MR) is 141 cm³/mol. The van der Waals surface area contributed by atoms with Crippen LogP contribution in [0.15, 0.2) is 82.5 Å². The normalized spacial score (nSPS) is 15.3. The van der Waals surface area contributed by atoms with Crippen molar-refractivity contribution in [3.63, 3.8) is 0 Å². The smallest absolute Gasteiger partial charge is 0.333 e. The zero-order chi connectivity index (χ0) is 25.8. The topological polar surface area (TPSA) is 112 Å². The molecule has 4 aromatic rings. The number of aromatic nitrogens is 3. The number of nitrogens with one attached hydrogen (secondary N) is 1. The van der Waals surface area contributed by atoms with Gasteiger partial charge in [-0.15, -0.1) is 0 Å². The van der Waals surface area contributed by atoms with Crippen LogP contribution in [0.4, 0.5) is 4.79 Å². The van der Waals surface area contributed by atoms with Crippen LogP contribution in [0.2, 0.25) is 0 Å². The van der Waals surface area contributed by atoms with E-state index in [2.05, 4.69) is 10.3 Å². The number of nitrogens with zero attached hydrogens (tertiary/aromatic N) is 3. The van der Waals surface area contributed by atoms with Crippen molar-refractivity contribution in [2.75, 3.05) is 6.61 Å². The van der Waals surface area contributed by atoms with Gasteiger partial charge in [0.05, 0.1) is 36.9 Å². The molecule has 9 nitrogen and oxygen atoms in total. The Morgan fingerprint density at radius 1 is 0.892 bits per heavy atom. The summed E-state index contributed by atoms with van der Waals surface area (Å²) in [6.07, 6.45) is 1.94. The van der Waals surface area contributed by atoms with E-state index >= 15 is 0 Å². The number of carbonyl (C=O) groups is 2. The molecule has 1 N–H and O–H groups in total. The summed E-state index contributed by atoms with van der Waals surface area (Å²) in [5.41, 5.74) is 2.12. The highest BCUT2D eigenvalue weighted by Crippen LogP contribution is 2.23. The number of amides is 2. The maximum Gasteiger partial charge on any atom is 0.333 e. The molecule has 2 aromatic carbocycles. The standard InChI is InChI=1S/C27H24N4O5S/c32-24-22(37-26(34)29-24)15-19-8-4-9-20(14-19)16-31-23-21(10-5-11-28-23)25(33)30(27(31)35)12-13-36-17-18-6-2-1-3-7-18/h1-11,14,22H,12-13,15-17H2,(H,29,32,34). The van der Waals surface area contributed by atoms with Crippen LogP contribution >= 0.6 is 11.8 Å². The van der Waals surface area contributed by atoms with Crippen LogP contribution in [0.5, 0.6) is 0 Å². The van der Waals surface area contributed by atoms with Crippen molar-refractivity contribution in [2.45, 2.75) is 31.4 Å². The van der Waals surface area contributed by atoms with Gasteiger partial charge in [-0.1, -0.05) is 66.4 Å². The number of pyridine rings is 1. The van der Waals surface area contributed by atoms with Gasteiger partial charge in [0.15, 0.2) is 0 Å². The zero-order valence-electron chi connectivity index (χ0n) is 19.8. The van der Waals surface area contributed by atoms with E-state index < -0.39 is 16.5 Å². The fourth-order valence-corrected chi connectivity index (χ4v) is 5.15. The van der Waals surface area contributed by atoms with Crippen LogP contribution < -0.4 is 16.6 Å². The molecule has 0 aliphatic carbocycles. The lowest BCUT2D eigenvalue weighted by atomic mass is 10.1. The van der Waals surface area contributed by atoms with Crippen LogP contribution in [0, 0.1) is 0 Å². The Hall–Kier alpha value is -4.02. The molecule has 1 atom stereocenters. The first-order chi connectivity index (χ1) is 18.0. The summed E-state index contributed by atoms with van der Waals surface area (Å²) in [7, 11) is 0. The first kappa shape index (κ1) is 24.7. The summed E-state index contributed by atoms with van der Waals surface area (Å²) in [4.78, 5) is 54.4. The minimum Gasteiger partial charge on any atom is -0.375 e. The predicted octanol–water partition coefficient (Wildman–Crippen LogP) is 2.72. The molecule has 3 heterocycles. The lowest BCUT2D eigenvalue weighted by molar-refractivity contribution is -0.118. The summed E-state index contributed by atoms with van der Waals surface area (Å²) >= 11 is 0.979. The van der Waals surface area contributed by atoms with E-state index in [0.29, 0.717) is 24.1 Å². The molecule has 5 rings (SSSR count). The van der Waals surface area contributed by atoms with Gasteiger partial charge >= 0.3 is 5.69 Å². The SMILES string of the molecule is O=C1NC(=O)C(Cc2cccc(Cn3c(=O)n(CCOCc4ccccc4)c(=O)c4cccnc43)c2)S1. The summed E-state index contributed by atoms with van der Waals surface area (Å²) in [5.74, 6) is -0.298. The average Bonchev–Trinajstić information content (AvgIpc) is 3.23. The summed E-state index contributed by atoms with van der Waals surface area (Å²) in [5, 5.41) is 1.82. The molecule has 10 heteroatoms. The molecule has 0 spiro atoms. The molecule has 1 fully saturated rings. The Morgan fingerprint density at radius 3 is 2.46 bits per heavy atom. The second kappa shape index (κ2) is 10.9. The molecule has 188 valence electrons. The number of fused-ring (bicyclic) bond motifs is 1. The fourth-order valence-electron chi connectivity index (χ4n) is 4.29. The molecule has 1 aliphatic rings. The number of hydrogen-bond acceptors (Lipinski definition) is 7. The van der Waals surface area contributed by atoms with Gasteiger partial charge < -0.3 is 4.74 Å². The number of benzene rings is 2. The van der Waals surface area contributed by atoms with Gasteiger partial charge in [-0.05, 0) is 35.2 Å². The van der Waals surface area contributed by atoms with Crippen molar-refractivity contribution in [1.29, 1.82) is 0 Å². The van der Waals surface area contributed by atoms with Gasteiger partial charge in [0, 0.05) is 6.20 Å². The van der Waals surface area contributed by atoms with Crippen LogP contribution in [0.25, 0.3) is 11.0 Å². The van der Waals surface area contributed by atoms with Crippen LogP contribution in [-0.2, 0) is 35.6 Å². The van der Waals surface area contributed by atoms with Crippen LogP contribution in [-0.4, -0.2) is 37.1 Å². The van der Waals surface area contributed by atoms with Crippen LogP contribution in [0.3, 0.4) is 0 Å². The Kier molecular flexibility index (Phi) is 7.29. The fraction of sp³-hybridized carbons (Fsp3) is 0.222. The van der Waals surface area contributed by atoms with Gasteiger partial charge in [0.1, 0.15) is 5.65 Å². The van der Waals surface area contributed by atoms with Crippen molar-refractivity contribution in [2.24, 2.45) is 0 Å². The van der Waals surface area contributed by atoms with Crippen molar-refractivity contribution in [3.8, 4) is 0 Å². The summed E-state index contributed by atoms with van der Waals surface area (Å²) < 4.78 is 8.38. The Morgan fingerprint density at radius 2 is 1.68 bits per heavy atom. The van der Waals surface area contributed by atoms with Crippen LogP contribution in [0.1, 0.15) is 16.7 Å². The monoisotopic (exact) mass is 516 g/mol. The van der Waals surface area contributed by atoms with Crippen molar-refractivity contribution in [1.82, 2.24) is 19.4 Å². The van der Waals surface area contributed by atoms with Crippen molar-refractivity contribution in [3.05, 3.63) is 110 Å². The first-order valence-corrected chi connectivity index (χ1v) is 12.7. The molecule has 37 heavy (non-hydrogen) atoms. The molecular weight excluding hydrogens is 492 g/mol. The number of thioether (sulfide) groups is 1. The highest BCUT2D eigenvalue weighted by molar-refractivity contribution is 8.15. The lowest BCUT2D eigenvalue weighted by Crippen LogP contribution is -2.41. The van der Waals surface area contributed by atoms with E-state index in [9.17, 15) is 19.2 Å². The second-order valence-corrected chi connectivity index (χ2v) is 9.82. The summed E-state index contributed by atoms with van der Waals surface area (Å²) in [6, 6.07) is 20.5. The van der Waals surface area contributed by atoms with Gasteiger partial charge in [-0.25, -0.2) is 9.78 Å². The Labute approximate surface area is 216 Å². The highest BCUT2D eigenvalue weighted by Gasteiger charge is 2.31.